The summed E-state index contributed by atoms with van der Waals surface area (Å²) in [5.41, 5.74) is 1.74. The van der Waals surface area contributed by atoms with Gasteiger partial charge in [-0.25, -0.2) is 0 Å². The number of thioether (sulfide) groups is 1. The second-order valence-electron chi connectivity index (χ2n) is 5.30. The van der Waals surface area contributed by atoms with Crippen LogP contribution >= 0.6 is 43.6 Å². The summed E-state index contributed by atoms with van der Waals surface area (Å²) in [6, 6.07) is 11.4. The van der Waals surface area contributed by atoms with E-state index in [1.807, 2.05) is 30.3 Å². The molecule has 1 saturated heterocycles. The minimum Gasteiger partial charge on any atom is -0.493 e. The molecule has 1 heterocycles. The molecular formula is C18H13Br2NO4S. The number of hydrogen-bond acceptors (Lipinski definition) is 5. The minimum absolute atomic E-state index is 0.340. The predicted octanol–water partition coefficient (Wildman–Crippen LogP) is 5.12. The van der Waals surface area contributed by atoms with Crippen LogP contribution in [-0.4, -0.2) is 18.3 Å². The van der Waals surface area contributed by atoms with Gasteiger partial charge in [-0.3, -0.25) is 14.9 Å². The van der Waals surface area contributed by atoms with Gasteiger partial charge in [0.15, 0.2) is 11.5 Å². The van der Waals surface area contributed by atoms with Crippen molar-refractivity contribution in [2.75, 3.05) is 7.11 Å². The molecule has 0 aromatic heterocycles. The van der Waals surface area contributed by atoms with Crippen molar-refractivity contribution in [1.82, 2.24) is 5.32 Å². The van der Waals surface area contributed by atoms with Crippen LogP contribution in [0, 0.1) is 0 Å². The number of carbonyl (C=O) groups is 2. The molecule has 2 aromatic carbocycles. The Morgan fingerprint density at radius 1 is 1.15 bits per heavy atom. The fourth-order valence-electron chi connectivity index (χ4n) is 2.27. The number of imide groups is 1. The second kappa shape index (κ2) is 8.28. The highest BCUT2D eigenvalue weighted by Crippen LogP contribution is 2.38. The SMILES string of the molecule is COc1cc(/C=C2\SC(=O)NC2=O)cc(Br)c1OCc1ccc(Br)cc1. The molecule has 8 heteroatoms. The van der Waals surface area contributed by atoms with Crippen LogP contribution in [0.5, 0.6) is 11.5 Å². The van der Waals surface area contributed by atoms with Crippen LogP contribution in [0.3, 0.4) is 0 Å². The Morgan fingerprint density at radius 2 is 1.88 bits per heavy atom. The molecule has 26 heavy (non-hydrogen) atoms. The Bertz CT molecular complexity index is 897. The van der Waals surface area contributed by atoms with Gasteiger partial charge in [0.05, 0.1) is 16.5 Å². The van der Waals surface area contributed by atoms with E-state index in [2.05, 4.69) is 37.2 Å². The number of ether oxygens (including phenoxy) is 2. The Balaban J connectivity index is 1.83. The summed E-state index contributed by atoms with van der Waals surface area (Å²) in [4.78, 5) is 23.3. The summed E-state index contributed by atoms with van der Waals surface area (Å²) in [6.45, 7) is 0.384. The van der Waals surface area contributed by atoms with Gasteiger partial charge in [-0.2, -0.15) is 0 Å². The summed E-state index contributed by atoms with van der Waals surface area (Å²) in [6.07, 6.45) is 1.64. The van der Waals surface area contributed by atoms with Crippen molar-refractivity contribution in [1.29, 1.82) is 0 Å². The number of benzene rings is 2. The zero-order valence-corrected chi connectivity index (χ0v) is 17.5. The quantitative estimate of drug-likeness (QED) is 0.579. The average Bonchev–Trinajstić information content (AvgIpc) is 2.92. The number of halogens is 2. The molecule has 0 spiro atoms. The topological polar surface area (TPSA) is 64.6 Å². The van der Waals surface area contributed by atoms with E-state index in [1.54, 1.807) is 19.3 Å². The van der Waals surface area contributed by atoms with Crippen LogP contribution in [0.25, 0.3) is 6.08 Å². The van der Waals surface area contributed by atoms with E-state index in [1.165, 1.54) is 0 Å². The lowest BCUT2D eigenvalue weighted by Gasteiger charge is -2.14. The van der Waals surface area contributed by atoms with Crippen molar-refractivity contribution >= 4 is 60.8 Å². The van der Waals surface area contributed by atoms with Crippen LogP contribution < -0.4 is 14.8 Å². The van der Waals surface area contributed by atoms with Crippen molar-refractivity contribution in [3.8, 4) is 11.5 Å². The predicted molar refractivity (Wildman–Crippen MR) is 108 cm³/mol. The van der Waals surface area contributed by atoms with Gasteiger partial charge in [0.1, 0.15) is 6.61 Å². The maximum atomic E-state index is 11.7. The van der Waals surface area contributed by atoms with Gasteiger partial charge in [-0.05, 0) is 69.2 Å². The van der Waals surface area contributed by atoms with Crippen molar-refractivity contribution < 1.29 is 19.1 Å². The Morgan fingerprint density at radius 3 is 2.50 bits per heavy atom. The van der Waals surface area contributed by atoms with Gasteiger partial charge in [0.2, 0.25) is 0 Å². The van der Waals surface area contributed by atoms with E-state index >= 15 is 0 Å². The van der Waals surface area contributed by atoms with Crippen LogP contribution in [0.2, 0.25) is 0 Å². The molecule has 1 fully saturated rings. The van der Waals surface area contributed by atoms with Gasteiger partial charge in [-0.15, -0.1) is 0 Å². The molecule has 134 valence electrons. The van der Waals surface area contributed by atoms with E-state index in [-0.39, 0.29) is 5.24 Å². The fourth-order valence-corrected chi connectivity index (χ4v) is 3.79. The molecule has 2 amide bonds. The van der Waals surface area contributed by atoms with Crippen molar-refractivity contribution in [2.24, 2.45) is 0 Å². The number of carbonyl (C=O) groups excluding carboxylic acids is 2. The van der Waals surface area contributed by atoms with Crippen molar-refractivity contribution in [3.63, 3.8) is 0 Å². The molecule has 1 N–H and O–H groups in total. The third kappa shape index (κ3) is 4.49. The number of hydrogen-bond donors (Lipinski definition) is 1. The zero-order valence-electron chi connectivity index (χ0n) is 13.5. The normalized spacial score (nSPS) is 15.3. The molecule has 3 rings (SSSR count). The number of methoxy groups -OCH3 is 1. The number of nitrogens with one attached hydrogen (secondary N) is 1. The number of rotatable bonds is 5. The lowest BCUT2D eigenvalue weighted by atomic mass is 10.2. The van der Waals surface area contributed by atoms with E-state index in [9.17, 15) is 9.59 Å². The summed E-state index contributed by atoms with van der Waals surface area (Å²) in [7, 11) is 1.55. The largest absolute Gasteiger partial charge is 0.493 e. The summed E-state index contributed by atoms with van der Waals surface area (Å²) in [5.74, 6) is 0.695. The van der Waals surface area contributed by atoms with E-state index in [4.69, 9.17) is 9.47 Å². The highest BCUT2D eigenvalue weighted by molar-refractivity contribution is 9.10. The first-order chi connectivity index (χ1) is 12.5. The lowest BCUT2D eigenvalue weighted by molar-refractivity contribution is -0.115. The van der Waals surface area contributed by atoms with Crippen LogP contribution in [0.15, 0.2) is 50.2 Å². The molecule has 1 aliphatic rings. The fraction of sp³-hybridized carbons (Fsp3) is 0.111. The first-order valence-electron chi connectivity index (χ1n) is 7.46. The molecule has 0 bridgehead atoms. The summed E-state index contributed by atoms with van der Waals surface area (Å²) in [5, 5.41) is 1.86. The molecule has 2 aromatic rings. The van der Waals surface area contributed by atoms with E-state index in [0.717, 1.165) is 27.4 Å². The first-order valence-corrected chi connectivity index (χ1v) is 9.86. The second-order valence-corrected chi connectivity index (χ2v) is 8.09. The van der Waals surface area contributed by atoms with Gasteiger partial charge in [-0.1, -0.05) is 28.1 Å². The highest BCUT2D eigenvalue weighted by Gasteiger charge is 2.25. The summed E-state index contributed by atoms with van der Waals surface area (Å²) >= 11 is 7.76. The molecule has 5 nitrogen and oxygen atoms in total. The van der Waals surface area contributed by atoms with Gasteiger partial charge >= 0.3 is 0 Å². The highest BCUT2D eigenvalue weighted by atomic mass is 79.9. The Kier molecular flexibility index (Phi) is 6.05. The van der Waals surface area contributed by atoms with Gasteiger partial charge < -0.3 is 9.47 Å². The maximum absolute atomic E-state index is 11.7. The standard InChI is InChI=1S/C18H13Br2NO4S/c1-24-14-7-11(8-15-17(22)21-18(23)26-15)6-13(20)16(14)25-9-10-2-4-12(19)5-3-10/h2-8H,9H2,1H3,(H,21,22,23)/b15-8-. The number of amides is 2. The molecule has 0 aliphatic carbocycles. The van der Waals surface area contributed by atoms with Crippen LogP contribution in [0.4, 0.5) is 4.79 Å². The lowest BCUT2D eigenvalue weighted by Crippen LogP contribution is -2.17. The average molecular weight is 499 g/mol. The zero-order chi connectivity index (χ0) is 18.7. The van der Waals surface area contributed by atoms with Crippen molar-refractivity contribution in [3.05, 3.63) is 61.4 Å². The van der Waals surface area contributed by atoms with Gasteiger partial charge in [0, 0.05) is 4.47 Å². The molecule has 0 unspecified atom stereocenters. The van der Waals surface area contributed by atoms with Gasteiger partial charge in [0.25, 0.3) is 11.1 Å². The smallest absolute Gasteiger partial charge is 0.290 e. The molecule has 1 aliphatic heterocycles. The maximum Gasteiger partial charge on any atom is 0.290 e. The monoisotopic (exact) mass is 497 g/mol. The molecule has 0 atom stereocenters. The van der Waals surface area contributed by atoms with Crippen LogP contribution in [-0.2, 0) is 11.4 Å². The minimum atomic E-state index is -0.398. The molecular weight excluding hydrogens is 486 g/mol. The molecule has 0 radical (unpaired) electrons. The Hall–Kier alpha value is -1.77. The molecule has 0 saturated carbocycles. The van der Waals surface area contributed by atoms with E-state index < -0.39 is 5.91 Å². The van der Waals surface area contributed by atoms with E-state index in [0.29, 0.717) is 27.5 Å². The third-order valence-corrected chi connectivity index (χ3v) is 5.42. The summed E-state index contributed by atoms with van der Waals surface area (Å²) < 4.78 is 13.0. The Labute approximate surface area is 171 Å². The van der Waals surface area contributed by atoms with Crippen LogP contribution in [0.1, 0.15) is 11.1 Å². The first kappa shape index (κ1) is 19.0. The van der Waals surface area contributed by atoms with Crippen molar-refractivity contribution in [2.45, 2.75) is 6.61 Å². The third-order valence-electron chi connectivity index (χ3n) is 3.49.